The van der Waals surface area contributed by atoms with Gasteiger partial charge in [-0.3, -0.25) is 4.72 Å². The summed E-state index contributed by atoms with van der Waals surface area (Å²) >= 11 is 7.01. The summed E-state index contributed by atoms with van der Waals surface area (Å²) in [6, 6.07) is 4.23. The SMILES string of the molecule is CC(C)(C)SNCc1ccc(Br)s1. The molecule has 1 nitrogen and oxygen atoms in total. The molecule has 0 aliphatic rings. The maximum Gasteiger partial charge on any atom is 0.0701 e. The molecule has 1 heterocycles. The average Bonchev–Trinajstić information content (AvgIpc) is 2.33. The van der Waals surface area contributed by atoms with Crippen LogP contribution in [0.3, 0.4) is 0 Å². The van der Waals surface area contributed by atoms with Crippen molar-refractivity contribution in [3.8, 4) is 0 Å². The molecule has 0 aromatic carbocycles. The predicted molar refractivity (Wildman–Crippen MR) is 66.2 cm³/mol. The monoisotopic (exact) mass is 279 g/mol. The van der Waals surface area contributed by atoms with Crippen LogP contribution in [0.15, 0.2) is 15.9 Å². The van der Waals surface area contributed by atoms with Gasteiger partial charge in [-0.15, -0.1) is 11.3 Å². The van der Waals surface area contributed by atoms with Gasteiger partial charge in [0.2, 0.25) is 0 Å². The van der Waals surface area contributed by atoms with Crippen molar-refractivity contribution in [2.24, 2.45) is 0 Å². The summed E-state index contributed by atoms with van der Waals surface area (Å²) in [7, 11) is 0. The molecule has 0 saturated heterocycles. The lowest BCUT2D eigenvalue weighted by molar-refractivity contribution is 0.789. The molecule has 0 radical (unpaired) electrons. The Labute approximate surface area is 96.6 Å². The number of hydrogen-bond acceptors (Lipinski definition) is 3. The van der Waals surface area contributed by atoms with Crippen LogP contribution in [0.1, 0.15) is 25.6 Å². The number of thiophene rings is 1. The van der Waals surface area contributed by atoms with Gasteiger partial charge in [0.05, 0.1) is 3.79 Å². The highest BCUT2D eigenvalue weighted by Crippen LogP contribution is 2.24. The molecule has 0 atom stereocenters. The summed E-state index contributed by atoms with van der Waals surface area (Å²) in [5.41, 5.74) is 0. The van der Waals surface area contributed by atoms with Gasteiger partial charge in [0.15, 0.2) is 0 Å². The van der Waals surface area contributed by atoms with Crippen molar-refractivity contribution in [2.45, 2.75) is 32.1 Å². The van der Waals surface area contributed by atoms with E-state index in [-0.39, 0.29) is 4.75 Å². The summed E-state index contributed by atoms with van der Waals surface area (Å²) in [5, 5.41) is 0. The number of nitrogens with one attached hydrogen (secondary N) is 1. The average molecular weight is 280 g/mol. The summed E-state index contributed by atoms with van der Waals surface area (Å²) in [5.74, 6) is 0. The second kappa shape index (κ2) is 4.82. The molecule has 13 heavy (non-hydrogen) atoms. The molecular formula is C9H14BrNS2. The van der Waals surface area contributed by atoms with Crippen LogP contribution in [0.5, 0.6) is 0 Å². The van der Waals surface area contributed by atoms with Gasteiger partial charge < -0.3 is 0 Å². The van der Waals surface area contributed by atoms with Gasteiger partial charge in [0, 0.05) is 16.2 Å². The number of rotatable bonds is 3. The van der Waals surface area contributed by atoms with Gasteiger partial charge in [0.25, 0.3) is 0 Å². The smallest absolute Gasteiger partial charge is 0.0701 e. The summed E-state index contributed by atoms with van der Waals surface area (Å²) in [6.07, 6.45) is 0. The minimum atomic E-state index is 0.286. The quantitative estimate of drug-likeness (QED) is 0.838. The predicted octanol–water partition coefficient (Wildman–Crippen LogP) is 4.05. The summed E-state index contributed by atoms with van der Waals surface area (Å²) < 4.78 is 4.85. The molecular weight excluding hydrogens is 266 g/mol. The van der Waals surface area contributed by atoms with Crippen LogP contribution >= 0.6 is 39.2 Å². The zero-order valence-electron chi connectivity index (χ0n) is 8.06. The molecule has 0 amide bonds. The maximum absolute atomic E-state index is 3.45. The van der Waals surface area contributed by atoms with Gasteiger partial charge in [-0.1, -0.05) is 11.9 Å². The fourth-order valence-electron chi connectivity index (χ4n) is 0.770. The lowest BCUT2D eigenvalue weighted by Crippen LogP contribution is -2.16. The number of halogens is 1. The lowest BCUT2D eigenvalue weighted by atomic mass is 10.3. The third kappa shape index (κ3) is 5.05. The molecule has 0 spiro atoms. The zero-order valence-corrected chi connectivity index (χ0v) is 11.3. The molecule has 0 aliphatic carbocycles. The first-order chi connectivity index (χ1) is 5.97. The van der Waals surface area contributed by atoms with Crippen LogP contribution in [-0.2, 0) is 6.54 Å². The zero-order chi connectivity index (χ0) is 9.90. The lowest BCUT2D eigenvalue weighted by Gasteiger charge is -2.17. The van der Waals surface area contributed by atoms with Crippen molar-refractivity contribution in [3.63, 3.8) is 0 Å². The van der Waals surface area contributed by atoms with Crippen LogP contribution in [0, 0.1) is 0 Å². The van der Waals surface area contributed by atoms with Gasteiger partial charge in [-0.25, -0.2) is 0 Å². The molecule has 0 fully saturated rings. The molecule has 1 aromatic rings. The first-order valence-corrected chi connectivity index (χ1v) is 6.55. The van der Waals surface area contributed by atoms with Gasteiger partial charge in [-0.2, -0.15) is 0 Å². The molecule has 1 rings (SSSR count). The highest BCUT2D eigenvalue weighted by molar-refractivity contribution is 9.11. The van der Waals surface area contributed by atoms with Crippen molar-refractivity contribution in [2.75, 3.05) is 0 Å². The number of hydrogen-bond donors (Lipinski definition) is 1. The summed E-state index contributed by atoms with van der Waals surface area (Å²) in [6.45, 7) is 7.55. The Hall–Kier alpha value is 0.490. The standard InChI is InChI=1S/C9H14BrNS2/c1-9(2,3)13-11-6-7-4-5-8(10)12-7/h4-5,11H,6H2,1-3H3. The second-order valence-corrected chi connectivity index (χ2v) is 8.01. The highest BCUT2D eigenvalue weighted by atomic mass is 79.9. The molecule has 0 bridgehead atoms. The molecule has 74 valence electrons. The van der Waals surface area contributed by atoms with Crippen molar-refractivity contribution in [3.05, 3.63) is 20.8 Å². The third-order valence-corrected chi connectivity index (χ3v) is 3.78. The first-order valence-electron chi connectivity index (χ1n) is 4.12. The Kier molecular flexibility index (Phi) is 4.29. The Morgan fingerprint density at radius 1 is 1.46 bits per heavy atom. The third-order valence-electron chi connectivity index (χ3n) is 1.25. The van der Waals surface area contributed by atoms with Crippen LogP contribution in [0.25, 0.3) is 0 Å². The van der Waals surface area contributed by atoms with E-state index < -0.39 is 0 Å². The Balaban J connectivity index is 2.28. The van der Waals surface area contributed by atoms with E-state index in [9.17, 15) is 0 Å². The minimum Gasteiger partial charge on any atom is -0.258 e. The van der Waals surface area contributed by atoms with Crippen molar-refractivity contribution >= 4 is 39.2 Å². The Morgan fingerprint density at radius 3 is 2.62 bits per heavy atom. The molecule has 1 aromatic heterocycles. The van der Waals surface area contributed by atoms with Crippen LogP contribution < -0.4 is 4.72 Å². The van der Waals surface area contributed by atoms with E-state index in [0.717, 1.165) is 6.54 Å². The second-order valence-electron chi connectivity index (χ2n) is 3.74. The summed E-state index contributed by atoms with van der Waals surface area (Å²) in [4.78, 5) is 1.36. The molecule has 4 heteroatoms. The topological polar surface area (TPSA) is 12.0 Å². The van der Waals surface area contributed by atoms with Gasteiger partial charge in [-0.05, 0) is 48.8 Å². The Bertz CT molecular complexity index is 265. The van der Waals surface area contributed by atoms with Crippen LogP contribution in [0.4, 0.5) is 0 Å². The maximum atomic E-state index is 3.45. The van der Waals surface area contributed by atoms with E-state index in [1.54, 1.807) is 23.3 Å². The fourth-order valence-corrected chi connectivity index (χ4v) is 2.95. The van der Waals surface area contributed by atoms with Gasteiger partial charge >= 0.3 is 0 Å². The van der Waals surface area contributed by atoms with Crippen molar-refractivity contribution < 1.29 is 0 Å². The van der Waals surface area contributed by atoms with Gasteiger partial charge in [0.1, 0.15) is 0 Å². The molecule has 0 unspecified atom stereocenters. The van der Waals surface area contributed by atoms with E-state index in [0.29, 0.717) is 0 Å². The minimum absolute atomic E-state index is 0.286. The van der Waals surface area contributed by atoms with E-state index in [1.807, 2.05) is 0 Å². The fraction of sp³-hybridized carbons (Fsp3) is 0.556. The van der Waals surface area contributed by atoms with Crippen LogP contribution in [-0.4, -0.2) is 4.75 Å². The molecule has 1 N–H and O–H groups in total. The normalized spacial score (nSPS) is 12.0. The van der Waals surface area contributed by atoms with E-state index >= 15 is 0 Å². The first kappa shape index (κ1) is 11.6. The van der Waals surface area contributed by atoms with E-state index in [1.165, 1.54) is 8.66 Å². The van der Waals surface area contributed by atoms with Crippen LogP contribution in [0.2, 0.25) is 0 Å². The molecule has 0 aliphatic heterocycles. The Morgan fingerprint density at radius 2 is 2.15 bits per heavy atom. The van der Waals surface area contributed by atoms with E-state index in [2.05, 4.69) is 53.6 Å². The highest BCUT2D eigenvalue weighted by Gasteiger charge is 2.10. The largest absolute Gasteiger partial charge is 0.258 e. The van der Waals surface area contributed by atoms with Crippen molar-refractivity contribution in [1.82, 2.24) is 4.72 Å². The van der Waals surface area contributed by atoms with E-state index in [4.69, 9.17) is 0 Å². The molecule has 0 saturated carbocycles. The van der Waals surface area contributed by atoms with Crippen molar-refractivity contribution in [1.29, 1.82) is 0 Å².